The van der Waals surface area contributed by atoms with Crippen LogP contribution in [0, 0.1) is 0 Å². The zero-order valence-electron chi connectivity index (χ0n) is 11.7. The molecule has 2 rings (SSSR count). The number of hydrogen-bond acceptors (Lipinski definition) is 3. The van der Waals surface area contributed by atoms with Crippen molar-refractivity contribution in [1.29, 1.82) is 0 Å². The van der Waals surface area contributed by atoms with Crippen LogP contribution in [0.4, 0.5) is 13.2 Å². The molecule has 1 aliphatic heterocycles. The van der Waals surface area contributed by atoms with E-state index in [9.17, 15) is 18.0 Å². The van der Waals surface area contributed by atoms with E-state index in [1.165, 1.54) is 6.07 Å². The number of carbonyl (C=O) groups is 1. The van der Waals surface area contributed by atoms with Crippen molar-refractivity contribution in [3.05, 3.63) is 35.4 Å². The zero-order valence-corrected chi connectivity index (χ0v) is 11.7. The summed E-state index contributed by atoms with van der Waals surface area (Å²) in [5, 5.41) is 0. The van der Waals surface area contributed by atoms with Gasteiger partial charge in [0.05, 0.1) is 18.8 Å². The fraction of sp³-hybridized carbons (Fsp3) is 0.533. The summed E-state index contributed by atoms with van der Waals surface area (Å²) in [6.45, 7) is 2.34. The van der Waals surface area contributed by atoms with E-state index in [4.69, 9.17) is 9.47 Å². The molecule has 1 unspecified atom stereocenters. The SMILES string of the molecule is CCOC(=O)C1(CCCc2cccc(C(F)(F)F)c2)CO1. The largest absolute Gasteiger partial charge is 0.464 e. The van der Waals surface area contributed by atoms with Gasteiger partial charge in [-0.15, -0.1) is 0 Å². The molecule has 1 aliphatic rings. The first-order chi connectivity index (χ1) is 9.87. The van der Waals surface area contributed by atoms with Crippen LogP contribution in [-0.4, -0.2) is 24.8 Å². The van der Waals surface area contributed by atoms with Crippen molar-refractivity contribution >= 4 is 5.97 Å². The lowest BCUT2D eigenvalue weighted by atomic mass is 9.99. The minimum Gasteiger partial charge on any atom is -0.464 e. The lowest BCUT2D eigenvalue weighted by molar-refractivity contribution is -0.149. The first-order valence-corrected chi connectivity index (χ1v) is 6.85. The number of benzene rings is 1. The van der Waals surface area contributed by atoms with Crippen molar-refractivity contribution < 1.29 is 27.4 Å². The van der Waals surface area contributed by atoms with Crippen LogP contribution in [0.5, 0.6) is 0 Å². The Morgan fingerprint density at radius 1 is 1.43 bits per heavy atom. The summed E-state index contributed by atoms with van der Waals surface area (Å²) >= 11 is 0. The molecule has 0 N–H and O–H groups in total. The second kappa shape index (κ2) is 6.05. The zero-order chi connectivity index (χ0) is 15.5. The third kappa shape index (κ3) is 3.97. The molecule has 3 nitrogen and oxygen atoms in total. The third-order valence-corrected chi connectivity index (χ3v) is 3.44. The number of ether oxygens (including phenoxy) is 2. The number of halogens is 3. The van der Waals surface area contributed by atoms with Gasteiger partial charge in [-0.2, -0.15) is 13.2 Å². The van der Waals surface area contributed by atoms with Gasteiger partial charge in [-0.05, 0) is 37.8 Å². The van der Waals surface area contributed by atoms with Gasteiger partial charge in [0.2, 0.25) is 0 Å². The third-order valence-electron chi connectivity index (χ3n) is 3.44. The summed E-state index contributed by atoms with van der Waals surface area (Å²) in [6, 6.07) is 5.24. The Bertz CT molecular complexity index is 507. The van der Waals surface area contributed by atoms with Crippen LogP contribution in [0.1, 0.15) is 30.9 Å². The molecule has 21 heavy (non-hydrogen) atoms. The number of hydrogen-bond donors (Lipinski definition) is 0. The van der Waals surface area contributed by atoms with Crippen molar-refractivity contribution in [3.8, 4) is 0 Å². The Hall–Kier alpha value is -1.56. The molecule has 0 saturated carbocycles. The number of rotatable bonds is 6. The number of carbonyl (C=O) groups excluding carboxylic acids is 1. The summed E-state index contributed by atoms with van der Waals surface area (Å²) in [5.41, 5.74) is -0.912. The summed E-state index contributed by atoms with van der Waals surface area (Å²) < 4.78 is 47.9. The van der Waals surface area contributed by atoms with Gasteiger partial charge in [-0.1, -0.05) is 18.2 Å². The molecule has 1 fully saturated rings. The smallest absolute Gasteiger partial charge is 0.416 e. The molecule has 1 heterocycles. The topological polar surface area (TPSA) is 38.8 Å². The molecular weight excluding hydrogens is 285 g/mol. The molecule has 6 heteroatoms. The molecule has 1 saturated heterocycles. The highest BCUT2D eigenvalue weighted by atomic mass is 19.4. The predicted molar refractivity (Wildman–Crippen MR) is 69.7 cm³/mol. The minimum atomic E-state index is -4.33. The van der Waals surface area contributed by atoms with Crippen LogP contribution in [0.2, 0.25) is 0 Å². The number of alkyl halides is 3. The molecule has 0 radical (unpaired) electrons. The maximum absolute atomic E-state index is 12.6. The molecule has 1 aromatic carbocycles. The highest BCUT2D eigenvalue weighted by Crippen LogP contribution is 2.34. The normalized spacial score (nSPS) is 21.1. The number of esters is 1. The number of epoxide rings is 1. The van der Waals surface area contributed by atoms with Gasteiger partial charge in [0.1, 0.15) is 0 Å². The second-order valence-corrected chi connectivity index (χ2v) is 5.06. The predicted octanol–water partition coefficient (Wildman–Crippen LogP) is 3.36. The van der Waals surface area contributed by atoms with Crippen LogP contribution in [-0.2, 0) is 26.9 Å². The first-order valence-electron chi connectivity index (χ1n) is 6.85. The molecule has 0 amide bonds. The number of aryl methyl sites for hydroxylation is 1. The Balaban J connectivity index is 1.88. The Labute approximate surface area is 121 Å². The molecule has 1 atom stereocenters. The fourth-order valence-corrected chi connectivity index (χ4v) is 2.20. The molecule has 0 bridgehead atoms. The van der Waals surface area contributed by atoms with Gasteiger partial charge in [0.15, 0.2) is 5.60 Å². The highest BCUT2D eigenvalue weighted by molar-refractivity contribution is 5.82. The van der Waals surface area contributed by atoms with Crippen molar-refractivity contribution in [2.24, 2.45) is 0 Å². The van der Waals surface area contributed by atoms with Crippen molar-refractivity contribution in [2.45, 2.75) is 38.0 Å². The lowest BCUT2D eigenvalue weighted by Gasteiger charge is -2.11. The van der Waals surface area contributed by atoms with Crippen LogP contribution >= 0.6 is 0 Å². The van der Waals surface area contributed by atoms with Gasteiger partial charge < -0.3 is 9.47 Å². The standard InChI is InChI=1S/C15H17F3O3/c1-2-20-13(19)14(10-21-14)8-4-6-11-5-3-7-12(9-11)15(16,17)18/h3,5,7,9H,2,4,6,8,10H2,1H3. The monoisotopic (exact) mass is 302 g/mol. The summed E-state index contributed by atoms with van der Waals surface area (Å²) in [5.74, 6) is -0.381. The van der Waals surface area contributed by atoms with Gasteiger partial charge in [-0.3, -0.25) is 0 Å². The van der Waals surface area contributed by atoms with E-state index in [-0.39, 0.29) is 12.6 Å². The van der Waals surface area contributed by atoms with E-state index in [1.54, 1.807) is 13.0 Å². The van der Waals surface area contributed by atoms with E-state index >= 15 is 0 Å². The second-order valence-electron chi connectivity index (χ2n) is 5.06. The Morgan fingerprint density at radius 3 is 2.71 bits per heavy atom. The molecular formula is C15H17F3O3. The highest BCUT2D eigenvalue weighted by Gasteiger charge is 2.52. The Morgan fingerprint density at radius 2 is 2.14 bits per heavy atom. The van der Waals surface area contributed by atoms with Gasteiger partial charge in [0.25, 0.3) is 0 Å². The average molecular weight is 302 g/mol. The maximum Gasteiger partial charge on any atom is 0.416 e. The van der Waals surface area contributed by atoms with Crippen LogP contribution in [0.25, 0.3) is 0 Å². The van der Waals surface area contributed by atoms with Gasteiger partial charge >= 0.3 is 12.1 Å². The van der Waals surface area contributed by atoms with E-state index in [2.05, 4.69) is 0 Å². The molecule has 0 spiro atoms. The average Bonchev–Trinajstić information content (AvgIpc) is 3.20. The van der Waals surface area contributed by atoms with Crippen LogP contribution < -0.4 is 0 Å². The van der Waals surface area contributed by atoms with E-state index in [0.717, 1.165) is 12.1 Å². The van der Waals surface area contributed by atoms with E-state index < -0.39 is 17.3 Å². The van der Waals surface area contributed by atoms with Crippen molar-refractivity contribution in [1.82, 2.24) is 0 Å². The quantitative estimate of drug-likeness (QED) is 0.597. The summed E-state index contributed by atoms with van der Waals surface area (Å²) in [4.78, 5) is 11.7. The van der Waals surface area contributed by atoms with E-state index in [1.807, 2.05) is 0 Å². The van der Waals surface area contributed by atoms with Crippen LogP contribution in [0.3, 0.4) is 0 Å². The van der Waals surface area contributed by atoms with Gasteiger partial charge in [0, 0.05) is 0 Å². The Kier molecular flexibility index (Phi) is 4.56. The first kappa shape index (κ1) is 15.8. The minimum absolute atomic E-state index is 0.289. The van der Waals surface area contributed by atoms with Crippen molar-refractivity contribution in [3.63, 3.8) is 0 Å². The molecule has 1 aromatic rings. The van der Waals surface area contributed by atoms with E-state index in [0.29, 0.717) is 31.4 Å². The van der Waals surface area contributed by atoms with Gasteiger partial charge in [-0.25, -0.2) is 4.79 Å². The molecule has 0 aromatic heterocycles. The van der Waals surface area contributed by atoms with Crippen LogP contribution in [0.15, 0.2) is 24.3 Å². The summed E-state index contributed by atoms with van der Waals surface area (Å²) in [7, 11) is 0. The fourth-order valence-electron chi connectivity index (χ4n) is 2.20. The molecule has 0 aliphatic carbocycles. The van der Waals surface area contributed by atoms with Crippen molar-refractivity contribution in [2.75, 3.05) is 13.2 Å². The summed E-state index contributed by atoms with van der Waals surface area (Å²) in [6.07, 6.45) is -2.83. The molecule has 116 valence electrons. The lowest BCUT2D eigenvalue weighted by Crippen LogP contribution is -2.27. The maximum atomic E-state index is 12.6.